The van der Waals surface area contributed by atoms with Crippen LogP contribution in [-0.4, -0.2) is 22.0 Å². The van der Waals surface area contributed by atoms with Gasteiger partial charge in [-0.15, -0.1) is 0 Å². The van der Waals surface area contributed by atoms with Crippen LogP contribution in [0.5, 0.6) is 0 Å². The molecule has 0 aromatic rings. The molecule has 0 atom stereocenters. The Bertz CT molecular complexity index is 176. The summed E-state index contributed by atoms with van der Waals surface area (Å²) in [5, 5.41) is 1.46. The number of rotatable bonds is 0. The molecule has 0 aromatic carbocycles. The van der Waals surface area contributed by atoms with Gasteiger partial charge in [-0.1, -0.05) is 38.5 Å². The molecule has 0 amide bonds. The van der Waals surface area contributed by atoms with E-state index in [-0.39, 0.29) is 0 Å². The molecule has 100 valence electrons. The third-order valence-corrected chi connectivity index (χ3v) is 4.18. The Balaban J connectivity index is 0.000000247. The lowest BCUT2D eigenvalue weighted by atomic mass is 10.0. The lowest BCUT2D eigenvalue weighted by Crippen LogP contribution is -2.03. The summed E-state index contributed by atoms with van der Waals surface area (Å²) in [7, 11) is 0. The summed E-state index contributed by atoms with van der Waals surface area (Å²) in [5.41, 5.74) is 7.08. The molecule has 2 rings (SSSR count). The van der Waals surface area contributed by atoms with Gasteiger partial charge in [0.15, 0.2) is 0 Å². The van der Waals surface area contributed by atoms with E-state index < -0.39 is 0 Å². The van der Waals surface area contributed by atoms with Crippen LogP contribution in [0, 0.1) is 0 Å². The molecule has 0 unspecified atom stereocenters. The van der Waals surface area contributed by atoms with Gasteiger partial charge in [-0.3, -0.25) is 0 Å². The van der Waals surface area contributed by atoms with Crippen molar-refractivity contribution in [2.24, 2.45) is 0 Å². The maximum absolute atomic E-state index is 7.08. The Labute approximate surface area is 117 Å². The van der Waals surface area contributed by atoms with E-state index in [1.165, 1.54) is 64.2 Å². The smallest absolute Gasteiger partial charge is 0.245 e. The second kappa shape index (κ2) is 12.5. The number of thiol groups is 2. The number of hydrogen-bond donors (Lipinski definition) is 2. The Hall–Kier alpha value is 0.0800. The predicted octanol–water partition coefficient (Wildman–Crippen LogP) is 4.41. The summed E-state index contributed by atoms with van der Waals surface area (Å²) in [6, 6.07) is 0. The zero-order valence-electron chi connectivity index (χ0n) is 10.7. The van der Waals surface area contributed by atoms with E-state index in [2.05, 4.69) is 36.8 Å². The monoisotopic (exact) mass is 274 g/mol. The Kier molecular flexibility index (Phi) is 12.6. The molecular formula is C13H26N2S2. The molecule has 4 heteroatoms. The van der Waals surface area contributed by atoms with Crippen molar-refractivity contribution in [2.45, 2.75) is 74.7 Å². The first kappa shape index (κ1) is 17.1. The van der Waals surface area contributed by atoms with Crippen LogP contribution in [0.4, 0.5) is 0 Å². The fraction of sp³-hybridized carbons (Fsp3) is 0.923. The molecule has 17 heavy (non-hydrogen) atoms. The molecule has 0 aromatic heterocycles. The van der Waals surface area contributed by atoms with Crippen LogP contribution in [0.3, 0.4) is 0 Å². The van der Waals surface area contributed by atoms with Crippen molar-refractivity contribution < 1.29 is 4.79 Å². The highest BCUT2D eigenvalue weighted by atomic mass is 32.1. The molecule has 0 heterocycles. The Morgan fingerprint density at radius 2 is 1.00 bits per heavy atom. The average molecular weight is 274 g/mol. The predicted molar refractivity (Wildman–Crippen MR) is 82.5 cm³/mol. The molecule has 2 nitrogen and oxygen atoms in total. The van der Waals surface area contributed by atoms with Crippen LogP contribution in [0.25, 0.3) is 5.53 Å². The summed E-state index contributed by atoms with van der Waals surface area (Å²) in [6.07, 6.45) is 13.9. The van der Waals surface area contributed by atoms with Crippen LogP contribution in [0.1, 0.15) is 64.2 Å². The molecule has 0 spiro atoms. The maximum Gasteiger partial charge on any atom is 0.245 e. The van der Waals surface area contributed by atoms with Crippen LogP contribution < -0.4 is 0 Å². The van der Waals surface area contributed by atoms with E-state index in [0.717, 1.165) is 10.5 Å². The summed E-state index contributed by atoms with van der Waals surface area (Å²) in [6.45, 7) is 2.67. The van der Waals surface area contributed by atoms with Crippen LogP contribution in [0.2, 0.25) is 0 Å². The first-order chi connectivity index (χ1) is 8.20. The van der Waals surface area contributed by atoms with Gasteiger partial charge in [0.05, 0.1) is 0 Å². The van der Waals surface area contributed by atoms with Gasteiger partial charge in [0.25, 0.3) is 0 Å². The molecule has 2 aliphatic carbocycles. The Morgan fingerprint density at radius 3 is 1.12 bits per heavy atom. The SMILES string of the molecule is C=[N+]=[N-].SC1CCCCC1.SC1CCCCC1. The molecular weight excluding hydrogens is 248 g/mol. The lowest BCUT2D eigenvalue weighted by Gasteiger charge is -2.14. The third-order valence-electron chi connectivity index (χ3n) is 3.15. The summed E-state index contributed by atoms with van der Waals surface area (Å²) < 4.78 is 0. The van der Waals surface area contributed by atoms with E-state index in [1.54, 1.807) is 0 Å². The van der Waals surface area contributed by atoms with Gasteiger partial charge in [-0.25, -0.2) is 0 Å². The van der Waals surface area contributed by atoms with Gasteiger partial charge in [0.1, 0.15) is 0 Å². The van der Waals surface area contributed by atoms with E-state index in [1.807, 2.05) is 0 Å². The molecule has 2 fully saturated rings. The number of nitrogens with zero attached hydrogens (tertiary/aromatic N) is 2. The minimum Gasteiger partial charge on any atom is -0.362 e. The van der Waals surface area contributed by atoms with Gasteiger partial charge in [0, 0.05) is 10.5 Å². The van der Waals surface area contributed by atoms with Crippen LogP contribution in [0.15, 0.2) is 0 Å². The van der Waals surface area contributed by atoms with Crippen molar-refractivity contribution >= 4 is 32.0 Å². The van der Waals surface area contributed by atoms with Crippen molar-refractivity contribution in [1.29, 1.82) is 0 Å². The highest BCUT2D eigenvalue weighted by Crippen LogP contribution is 2.21. The highest BCUT2D eigenvalue weighted by Gasteiger charge is 2.07. The summed E-state index contributed by atoms with van der Waals surface area (Å²) >= 11 is 8.72. The van der Waals surface area contributed by atoms with Crippen molar-refractivity contribution in [2.75, 3.05) is 0 Å². The fourth-order valence-electron chi connectivity index (χ4n) is 2.16. The summed E-state index contributed by atoms with van der Waals surface area (Å²) in [4.78, 5) is 2.25. The van der Waals surface area contributed by atoms with Gasteiger partial charge in [-0.2, -0.15) is 30.0 Å². The van der Waals surface area contributed by atoms with Crippen molar-refractivity contribution in [3.63, 3.8) is 0 Å². The lowest BCUT2D eigenvalue weighted by molar-refractivity contribution is 0.0110. The number of hydrogen-bond acceptors (Lipinski definition) is 2. The zero-order valence-corrected chi connectivity index (χ0v) is 12.5. The topological polar surface area (TPSA) is 36.4 Å². The molecule has 0 saturated heterocycles. The van der Waals surface area contributed by atoms with E-state index >= 15 is 0 Å². The normalized spacial score (nSPS) is 21.3. The first-order valence-electron chi connectivity index (χ1n) is 6.67. The van der Waals surface area contributed by atoms with Crippen molar-refractivity contribution in [3.05, 3.63) is 5.53 Å². The molecule has 0 aliphatic heterocycles. The van der Waals surface area contributed by atoms with Crippen LogP contribution in [-0.2, 0) is 0 Å². The van der Waals surface area contributed by atoms with Crippen molar-refractivity contribution in [1.82, 2.24) is 0 Å². The average Bonchev–Trinajstić information content (AvgIpc) is 2.33. The summed E-state index contributed by atoms with van der Waals surface area (Å²) in [5.74, 6) is 0. The van der Waals surface area contributed by atoms with Crippen LogP contribution >= 0.6 is 25.3 Å². The molecule has 2 aliphatic rings. The molecule has 0 bridgehead atoms. The van der Waals surface area contributed by atoms with Crippen molar-refractivity contribution in [3.8, 4) is 0 Å². The van der Waals surface area contributed by atoms with Gasteiger partial charge >= 0.3 is 0 Å². The molecule has 0 N–H and O–H groups in total. The zero-order chi connectivity index (χ0) is 12.9. The quantitative estimate of drug-likeness (QED) is 0.284. The van der Waals surface area contributed by atoms with E-state index in [0.29, 0.717) is 0 Å². The minimum absolute atomic E-state index is 0.730. The molecule has 2 saturated carbocycles. The van der Waals surface area contributed by atoms with Gasteiger partial charge in [0.2, 0.25) is 6.72 Å². The van der Waals surface area contributed by atoms with Gasteiger partial charge < -0.3 is 5.53 Å². The van der Waals surface area contributed by atoms with Gasteiger partial charge in [-0.05, 0) is 25.7 Å². The van der Waals surface area contributed by atoms with E-state index in [9.17, 15) is 0 Å². The van der Waals surface area contributed by atoms with E-state index in [4.69, 9.17) is 5.53 Å². The Morgan fingerprint density at radius 1 is 0.765 bits per heavy atom. The maximum atomic E-state index is 7.08. The molecule has 0 radical (unpaired) electrons. The first-order valence-corrected chi connectivity index (χ1v) is 7.70. The standard InChI is InChI=1S/2C6H12S.CH2N2/c2*7-6-4-2-1-3-5-6;1-3-2/h2*6-7H,1-5H2;1H2. The second-order valence-electron chi connectivity index (χ2n) is 4.73. The third kappa shape index (κ3) is 12.3. The fourth-order valence-corrected chi connectivity index (χ4v) is 2.89. The second-order valence-corrected chi connectivity index (χ2v) is 6.19. The largest absolute Gasteiger partial charge is 0.362 e. The highest BCUT2D eigenvalue weighted by molar-refractivity contribution is 7.81. The minimum atomic E-state index is 0.730.